The van der Waals surface area contributed by atoms with Crippen LogP contribution < -0.4 is 10.5 Å². The summed E-state index contributed by atoms with van der Waals surface area (Å²) in [6, 6.07) is 5.76. The Labute approximate surface area is 155 Å². The van der Waals surface area contributed by atoms with Crippen LogP contribution in [-0.4, -0.2) is 50.6 Å². The number of nitrogen functional groups attached to an aromatic ring is 1. The lowest BCUT2D eigenvalue weighted by atomic mass is 10.1. The molecule has 0 fully saturated rings. The quantitative estimate of drug-likeness (QED) is 0.705. The lowest BCUT2D eigenvalue weighted by Crippen LogP contribution is -2.32. The number of ether oxygens (including phenoxy) is 1. The summed E-state index contributed by atoms with van der Waals surface area (Å²) in [5.41, 5.74) is 7.92. The molecule has 0 atom stereocenters. The number of anilines is 1. The van der Waals surface area contributed by atoms with Crippen LogP contribution in [0.5, 0.6) is 5.75 Å². The molecule has 0 radical (unpaired) electrons. The van der Waals surface area contributed by atoms with Crippen LogP contribution in [0.2, 0.25) is 0 Å². The molecule has 0 saturated carbocycles. The first-order valence-corrected chi connectivity index (χ1v) is 8.46. The average Bonchev–Trinajstić information content (AvgIpc) is 3.00. The smallest absolute Gasteiger partial charge is 0.254 e. The number of halogens is 1. The van der Waals surface area contributed by atoms with Crippen LogP contribution in [0, 0.1) is 19.7 Å². The predicted octanol–water partition coefficient (Wildman–Crippen LogP) is 1.54. The average molecular weight is 372 g/mol. The Morgan fingerprint density at radius 2 is 1.96 bits per heavy atom. The van der Waals surface area contributed by atoms with Crippen molar-refractivity contribution in [2.45, 2.75) is 20.3 Å². The fourth-order valence-corrected chi connectivity index (χ4v) is 2.72. The third-order valence-electron chi connectivity index (χ3n) is 4.33. The molecule has 1 amide bonds. The van der Waals surface area contributed by atoms with Crippen molar-refractivity contribution in [2.24, 2.45) is 0 Å². The lowest BCUT2D eigenvalue weighted by Gasteiger charge is -2.19. The van der Waals surface area contributed by atoms with Gasteiger partial charge < -0.3 is 15.4 Å². The summed E-state index contributed by atoms with van der Waals surface area (Å²) in [6.07, 6.45) is 0.188. The number of benzene rings is 1. The first-order valence-electron chi connectivity index (χ1n) is 8.46. The van der Waals surface area contributed by atoms with Crippen LogP contribution in [0.3, 0.4) is 0 Å². The summed E-state index contributed by atoms with van der Waals surface area (Å²) in [4.78, 5) is 22.6. The number of aromatic nitrogens is 4. The van der Waals surface area contributed by atoms with Crippen LogP contribution in [0.25, 0.3) is 5.78 Å². The number of carbonyl (C=O) groups excluding carboxylic acids is 1. The zero-order valence-electron chi connectivity index (χ0n) is 15.4. The number of rotatable bonds is 6. The second-order valence-electron chi connectivity index (χ2n) is 6.24. The van der Waals surface area contributed by atoms with Gasteiger partial charge in [-0.25, -0.2) is 9.37 Å². The molecule has 0 aliphatic heterocycles. The highest BCUT2D eigenvalue weighted by Crippen LogP contribution is 2.16. The number of nitrogens with zero attached hydrogens (tertiary/aromatic N) is 5. The van der Waals surface area contributed by atoms with Crippen LogP contribution in [0.4, 0.5) is 10.3 Å². The Bertz CT molecular complexity index is 970. The third-order valence-corrected chi connectivity index (χ3v) is 4.33. The van der Waals surface area contributed by atoms with E-state index in [1.807, 2.05) is 13.8 Å². The van der Waals surface area contributed by atoms with Crippen LogP contribution in [0.1, 0.15) is 17.0 Å². The van der Waals surface area contributed by atoms with Gasteiger partial charge in [0.05, 0.1) is 13.0 Å². The zero-order valence-corrected chi connectivity index (χ0v) is 15.4. The van der Waals surface area contributed by atoms with Gasteiger partial charge in [0, 0.05) is 24.0 Å². The van der Waals surface area contributed by atoms with E-state index in [1.54, 1.807) is 28.6 Å². The molecule has 3 aromatic rings. The lowest BCUT2D eigenvalue weighted by molar-refractivity contribution is -0.129. The summed E-state index contributed by atoms with van der Waals surface area (Å²) in [7, 11) is 1.71. The third kappa shape index (κ3) is 4.13. The first kappa shape index (κ1) is 18.6. The molecule has 0 unspecified atom stereocenters. The fraction of sp³-hybridized carbons (Fsp3) is 0.333. The van der Waals surface area contributed by atoms with Crippen LogP contribution >= 0.6 is 0 Å². The zero-order chi connectivity index (χ0) is 19.6. The van der Waals surface area contributed by atoms with Gasteiger partial charge in [0.15, 0.2) is 0 Å². The van der Waals surface area contributed by atoms with Gasteiger partial charge in [-0.1, -0.05) is 0 Å². The van der Waals surface area contributed by atoms with Crippen LogP contribution in [-0.2, 0) is 11.2 Å². The second-order valence-corrected chi connectivity index (χ2v) is 6.24. The first-order chi connectivity index (χ1) is 12.8. The van der Waals surface area contributed by atoms with E-state index >= 15 is 0 Å². The number of fused-ring (bicyclic) bond motifs is 1. The highest BCUT2D eigenvalue weighted by Gasteiger charge is 2.17. The van der Waals surface area contributed by atoms with Crippen molar-refractivity contribution in [3.8, 4) is 5.75 Å². The van der Waals surface area contributed by atoms with Gasteiger partial charge in [0.1, 0.15) is 18.2 Å². The highest BCUT2D eigenvalue weighted by molar-refractivity contribution is 5.79. The number of amides is 1. The maximum Gasteiger partial charge on any atom is 0.254 e. The predicted molar refractivity (Wildman–Crippen MR) is 97.9 cm³/mol. The van der Waals surface area contributed by atoms with Crippen molar-refractivity contribution in [1.29, 1.82) is 0 Å². The van der Waals surface area contributed by atoms with Gasteiger partial charge in [-0.2, -0.15) is 9.50 Å². The van der Waals surface area contributed by atoms with Gasteiger partial charge in [0.2, 0.25) is 11.9 Å². The molecule has 0 aliphatic rings. The van der Waals surface area contributed by atoms with Crippen molar-refractivity contribution >= 4 is 17.6 Å². The van der Waals surface area contributed by atoms with E-state index in [0.29, 0.717) is 24.7 Å². The SMILES string of the molecule is Cc1nc2nc(N)nn2c(C)c1CC(=O)N(C)CCOc1ccc(F)cc1. The van der Waals surface area contributed by atoms with Gasteiger partial charge in [-0.3, -0.25) is 4.79 Å². The molecule has 0 aliphatic carbocycles. The van der Waals surface area contributed by atoms with Crippen molar-refractivity contribution in [3.05, 3.63) is 47.0 Å². The molecule has 0 saturated heterocycles. The number of hydrogen-bond acceptors (Lipinski definition) is 6. The number of aryl methyl sites for hydroxylation is 2. The van der Waals surface area contributed by atoms with Crippen molar-refractivity contribution < 1.29 is 13.9 Å². The van der Waals surface area contributed by atoms with E-state index in [0.717, 1.165) is 17.0 Å². The van der Waals surface area contributed by atoms with Crippen LogP contribution in [0.15, 0.2) is 24.3 Å². The van der Waals surface area contributed by atoms with E-state index in [4.69, 9.17) is 10.5 Å². The Morgan fingerprint density at radius 1 is 1.26 bits per heavy atom. The molecule has 0 spiro atoms. The molecule has 27 heavy (non-hydrogen) atoms. The van der Waals surface area contributed by atoms with Crippen molar-refractivity contribution in [3.63, 3.8) is 0 Å². The molecule has 2 N–H and O–H groups in total. The Balaban J connectivity index is 1.62. The minimum absolute atomic E-state index is 0.0712. The fourth-order valence-electron chi connectivity index (χ4n) is 2.72. The van der Waals surface area contributed by atoms with Gasteiger partial charge in [0.25, 0.3) is 5.78 Å². The molecule has 2 aromatic heterocycles. The monoisotopic (exact) mass is 372 g/mol. The van der Waals surface area contributed by atoms with Gasteiger partial charge in [-0.05, 0) is 38.1 Å². The molecule has 142 valence electrons. The van der Waals surface area contributed by atoms with E-state index in [9.17, 15) is 9.18 Å². The Kier molecular flexibility index (Phi) is 5.20. The molecule has 1 aromatic carbocycles. The maximum absolute atomic E-state index is 12.9. The summed E-state index contributed by atoms with van der Waals surface area (Å²) in [5, 5.41) is 4.11. The summed E-state index contributed by atoms with van der Waals surface area (Å²) in [5.74, 6) is 0.726. The number of carbonyl (C=O) groups is 1. The van der Waals surface area contributed by atoms with Crippen molar-refractivity contribution in [1.82, 2.24) is 24.5 Å². The Morgan fingerprint density at radius 3 is 2.67 bits per heavy atom. The summed E-state index contributed by atoms with van der Waals surface area (Å²) >= 11 is 0. The molecule has 0 bridgehead atoms. The number of likely N-dealkylation sites (N-methyl/N-ethyl adjacent to an activating group) is 1. The Hall–Kier alpha value is -3.23. The van der Waals surface area contributed by atoms with E-state index < -0.39 is 0 Å². The van der Waals surface area contributed by atoms with E-state index in [2.05, 4.69) is 15.1 Å². The summed E-state index contributed by atoms with van der Waals surface area (Å²) < 4.78 is 20.0. The molecule has 9 heteroatoms. The maximum atomic E-state index is 12.9. The van der Waals surface area contributed by atoms with Crippen molar-refractivity contribution in [2.75, 3.05) is 25.9 Å². The highest BCUT2D eigenvalue weighted by atomic mass is 19.1. The standard InChI is InChI=1S/C18H21FN6O2/c1-11-15(12(2)25-18(21-11)22-17(20)23-25)10-16(26)24(3)8-9-27-14-6-4-13(19)5-7-14/h4-7H,8-10H2,1-3H3,(H2,20,23). The molecule has 3 rings (SSSR count). The molecular weight excluding hydrogens is 351 g/mol. The van der Waals surface area contributed by atoms with Gasteiger partial charge in [-0.15, -0.1) is 5.10 Å². The molecular formula is C18H21FN6O2. The second kappa shape index (κ2) is 7.56. The number of nitrogens with two attached hydrogens (primary N) is 1. The topological polar surface area (TPSA) is 98.6 Å². The normalized spacial score (nSPS) is 11.0. The largest absolute Gasteiger partial charge is 0.492 e. The summed E-state index contributed by atoms with van der Waals surface area (Å²) in [6.45, 7) is 4.40. The molecule has 8 nitrogen and oxygen atoms in total. The molecule has 2 heterocycles. The van der Waals surface area contributed by atoms with E-state index in [-0.39, 0.29) is 24.1 Å². The minimum atomic E-state index is -0.319. The minimum Gasteiger partial charge on any atom is -0.492 e. The number of hydrogen-bond donors (Lipinski definition) is 1. The van der Waals surface area contributed by atoms with Gasteiger partial charge >= 0.3 is 0 Å². The van der Waals surface area contributed by atoms with E-state index in [1.165, 1.54) is 12.1 Å².